The lowest BCUT2D eigenvalue weighted by atomic mass is 10.2. The van der Waals surface area contributed by atoms with Gasteiger partial charge in [-0.05, 0) is 0 Å². The first-order chi connectivity index (χ1) is 9.56. The SMILES string of the molecule is CC(C)c1nc(C(=O)N2CCN3C(=O)OC[C@H]3C2)cs1. The number of carbonyl (C=O) groups is 2. The van der Waals surface area contributed by atoms with Crippen LogP contribution in [0.15, 0.2) is 5.38 Å². The van der Waals surface area contributed by atoms with Crippen LogP contribution in [0.4, 0.5) is 4.79 Å². The molecule has 0 bridgehead atoms. The Balaban J connectivity index is 1.70. The predicted octanol–water partition coefficient (Wildman–Crippen LogP) is 1.54. The van der Waals surface area contributed by atoms with Gasteiger partial charge in [-0.3, -0.25) is 9.69 Å². The Morgan fingerprint density at radius 2 is 2.30 bits per heavy atom. The summed E-state index contributed by atoms with van der Waals surface area (Å²) in [5, 5.41) is 2.80. The van der Waals surface area contributed by atoms with E-state index in [0.29, 0.717) is 37.9 Å². The van der Waals surface area contributed by atoms with Crippen LogP contribution in [0.25, 0.3) is 0 Å². The summed E-state index contributed by atoms with van der Waals surface area (Å²) in [5.74, 6) is 0.284. The maximum atomic E-state index is 12.4. The summed E-state index contributed by atoms with van der Waals surface area (Å²) in [6, 6.07) is -0.0107. The van der Waals surface area contributed by atoms with E-state index < -0.39 is 0 Å². The lowest BCUT2D eigenvalue weighted by Crippen LogP contribution is -2.53. The van der Waals surface area contributed by atoms with Crippen LogP contribution in [0.2, 0.25) is 0 Å². The second-order valence-electron chi connectivity index (χ2n) is 5.40. The van der Waals surface area contributed by atoms with Crippen molar-refractivity contribution >= 4 is 23.3 Å². The number of amides is 2. The van der Waals surface area contributed by atoms with E-state index in [1.165, 1.54) is 11.3 Å². The number of cyclic esters (lactones) is 1. The maximum absolute atomic E-state index is 12.4. The standard InChI is InChI=1S/C13H17N3O3S/c1-8(2)11-14-10(7-20-11)12(17)15-3-4-16-9(5-15)6-19-13(16)18/h7-9H,3-6H2,1-2H3/t9-/m1/s1. The zero-order valence-corrected chi connectivity index (χ0v) is 12.4. The number of carbonyl (C=O) groups excluding carboxylic acids is 2. The van der Waals surface area contributed by atoms with Crippen molar-refractivity contribution in [2.24, 2.45) is 0 Å². The average molecular weight is 295 g/mol. The van der Waals surface area contributed by atoms with Gasteiger partial charge in [0.1, 0.15) is 12.3 Å². The van der Waals surface area contributed by atoms with Gasteiger partial charge in [0.05, 0.1) is 11.0 Å². The van der Waals surface area contributed by atoms with E-state index in [2.05, 4.69) is 18.8 Å². The van der Waals surface area contributed by atoms with Gasteiger partial charge in [-0.2, -0.15) is 0 Å². The summed E-state index contributed by atoms with van der Waals surface area (Å²) < 4.78 is 5.00. The molecule has 108 valence electrons. The highest BCUT2D eigenvalue weighted by Crippen LogP contribution is 2.22. The van der Waals surface area contributed by atoms with Crippen LogP contribution in [0.5, 0.6) is 0 Å². The molecule has 2 saturated heterocycles. The molecule has 2 aliphatic heterocycles. The molecule has 0 aromatic carbocycles. The first kappa shape index (κ1) is 13.4. The normalized spacial score (nSPS) is 22.1. The van der Waals surface area contributed by atoms with Crippen molar-refractivity contribution in [3.63, 3.8) is 0 Å². The van der Waals surface area contributed by atoms with Crippen LogP contribution in [0.3, 0.4) is 0 Å². The molecular formula is C13H17N3O3S. The highest BCUT2D eigenvalue weighted by molar-refractivity contribution is 7.09. The topological polar surface area (TPSA) is 62.7 Å². The van der Waals surface area contributed by atoms with E-state index in [9.17, 15) is 9.59 Å². The molecule has 1 aromatic rings. The van der Waals surface area contributed by atoms with Crippen LogP contribution in [-0.4, -0.2) is 59.1 Å². The van der Waals surface area contributed by atoms with Crippen molar-refractivity contribution in [1.82, 2.24) is 14.8 Å². The molecule has 20 heavy (non-hydrogen) atoms. The molecule has 3 rings (SSSR count). The number of nitrogens with zero attached hydrogens (tertiary/aromatic N) is 3. The Hall–Kier alpha value is -1.63. The number of ether oxygens (including phenoxy) is 1. The van der Waals surface area contributed by atoms with Gasteiger partial charge in [0.15, 0.2) is 0 Å². The number of hydrogen-bond acceptors (Lipinski definition) is 5. The predicted molar refractivity (Wildman–Crippen MR) is 73.9 cm³/mol. The summed E-state index contributed by atoms with van der Waals surface area (Å²) in [7, 11) is 0. The summed E-state index contributed by atoms with van der Waals surface area (Å²) >= 11 is 1.52. The van der Waals surface area contributed by atoms with Gasteiger partial charge in [0.2, 0.25) is 0 Å². The van der Waals surface area contributed by atoms with Gasteiger partial charge in [-0.15, -0.1) is 11.3 Å². The van der Waals surface area contributed by atoms with Gasteiger partial charge in [0, 0.05) is 30.9 Å². The minimum absolute atomic E-state index is 0.0107. The summed E-state index contributed by atoms with van der Waals surface area (Å²) in [6.07, 6.45) is -0.266. The van der Waals surface area contributed by atoms with Crippen LogP contribution >= 0.6 is 11.3 Å². The number of aromatic nitrogens is 1. The second-order valence-corrected chi connectivity index (χ2v) is 6.29. The summed E-state index contributed by atoms with van der Waals surface area (Å²) in [6.45, 7) is 6.10. The van der Waals surface area contributed by atoms with E-state index in [0.717, 1.165) is 5.01 Å². The summed E-state index contributed by atoms with van der Waals surface area (Å²) in [5.41, 5.74) is 0.511. The van der Waals surface area contributed by atoms with Crippen molar-refractivity contribution in [2.45, 2.75) is 25.8 Å². The molecule has 1 aromatic heterocycles. The number of piperazine rings is 1. The van der Waals surface area contributed by atoms with Gasteiger partial charge < -0.3 is 9.64 Å². The molecule has 2 fully saturated rings. The fourth-order valence-electron chi connectivity index (χ4n) is 2.49. The molecule has 0 N–H and O–H groups in total. The highest BCUT2D eigenvalue weighted by Gasteiger charge is 2.39. The van der Waals surface area contributed by atoms with Gasteiger partial charge >= 0.3 is 6.09 Å². The molecule has 2 aliphatic rings. The first-order valence-corrected chi connectivity index (χ1v) is 7.62. The third kappa shape index (κ3) is 2.26. The molecule has 1 atom stereocenters. The number of rotatable bonds is 2. The Morgan fingerprint density at radius 1 is 1.50 bits per heavy atom. The summed E-state index contributed by atoms with van der Waals surface area (Å²) in [4.78, 5) is 31.7. The van der Waals surface area contributed by atoms with Gasteiger partial charge in [0.25, 0.3) is 5.91 Å². The first-order valence-electron chi connectivity index (χ1n) is 6.74. The monoisotopic (exact) mass is 295 g/mol. The minimum Gasteiger partial charge on any atom is -0.447 e. The molecule has 0 unspecified atom stereocenters. The minimum atomic E-state index is -0.266. The molecular weight excluding hydrogens is 278 g/mol. The molecule has 0 saturated carbocycles. The van der Waals surface area contributed by atoms with Crippen molar-refractivity contribution in [1.29, 1.82) is 0 Å². The molecule has 0 spiro atoms. The largest absolute Gasteiger partial charge is 0.447 e. The second kappa shape index (κ2) is 5.05. The van der Waals surface area contributed by atoms with Crippen LogP contribution < -0.4 is 0 Å². The van der Waals surface area contributed by atoms with E-state index in [-0.39, 0.29) is 18.0 Å². The lowest BCUT2D eigenvalue weighted by molar-refractivity contribution is 0.0612. The number of hydrogen-bond donors (Lipinski definition) is 0. The Bertz CT molecular complexity index is 543. The van der Waals surface area contributed by atoms with Gasteiger partial charge in [-0.1, -0.05) is 13.8 Å². The Morgan fingerprint density at radius 3 is 3.00 bits per heavy atom. The fraction of sp³-hybridized carbons (Fsp3) is 0.615. The van der Waals surface area contributed by atoms with Crippen molar-refractivity contribution in [3.05, 3.63) is 16.1 Å². The molecule has 2 amide bonds. The number of thiazole rings is 1. The molecule has 3 heterocycles. The van der Waals surface area contributed by atoms with E-state index >= 15 is 0 Å². The van der Waals surface area contributed by atoms with E-state index in [1.54, 1.807) is 9.80 Å². The zero-order valence-electron chi connectivity index (χ0n) is 11.5. The Labute approximate surface area is 121 Å². The van der Waals surface area contributed by atoms with Gasteiger partial charge in [-0.25, -0.2) is 9.78 Å². The van der Waals surface area contributed by atoms with Crippen LogP contribution in [-0.2, 0) is 4.74 Å². The van der Waals surface area contributed by atoms with Crippen molar-refractivity contribution in [3.8, 4) is 0 Å². The molecule has 0 aliphatic carbocycles. The quantitative estimate of drug-likeness (QED) is 0.830. The average Bonchev–Trinajstić information content (AvgIpc) is 3.05. The molecule has 6 nitrogen and oxygen atoms in total. The zero-order chi connectivity index (χ0) is 14.3. The fourth-order valence-corrected chi connectivity index (χ4v) is 3.30. The highest BCUT2D eigenvalue weighted by atomic mass is 32.1. The van der Waals surface area contributed by atoms with Crippen molar-refractivity contribution < 1.29 is 14.3 Å². The third-order valence-electron chi connectivity index (χ3n) is 3.64. The van der Waals surface area contributed by atoms with Crippen LogP contribution in [0.1, 0.15) is 35.3 Å². The van der Waals surface area contributed by atoms with E-state index in [1.807, 2.05) is 5.38 Å². The maximum Gasteiger partial charge on any atom is 0.410 e. The molecule has 7 heteroatoms. The van der Waals surface area contributed by atoms with Crippen molar-refractivity contribution in [2.75, 3.05) is 26.2 Å². The van der Waals surface area contributed by atoms with E-state index in [4.69, 9.17) is 4.74 Å². The Kier molecular flexibility index (Phi) is 3.37. The smallest absolute Gasteiger partial charge is 0.410 e. The molecule has 0 radical (unpaired) electrons. The lowest BCUT2D eigenvalue weighted by Gasteiger charge is -2.34. The number of fused-ring (bicyclic) bond motifs is 1. The van der Waals surface area contributed by atoms with Crippen LogP contribution in [0, 0.1) is 0 Å². The third-order valence-corrected chi connectivity index (χ3v) is 4.78.